The van der Waals surface area contributed by atoms with Crippen molar-refractivity contribution in [2.45, 2.75) is 23.6 Å². The Morgan fingerprint density at radius 2 is 1.96 bits per heavy atom. The van der Waals surface area contributed by atoms with Crippen molar-refractivity contribution in [3.05, 3.63) is 53.6 Å². The maximum atomic E-state index is 13.0. The zero-order chi connectivity index (χ0) is 20.5. The summed E-state index contributed by atoms with van der Waals surface area (Å²) in [7, 11) is -2.42. The highest BCUT2D eigenvalue weighted by Crippen LogP contribution is 2.37. The van der Waals surface area contributed by atoms with Crippen LogP contribution < -0.4 is 10.0 Å². The fraction of sp³-hybridized carbons (Fsp3) is 0.235. The van der Waals surface area contributed by atoms with E-state index < -0.39 is 27.9 Å². The summed E-state index contributed by atoms with van der Waals surface area (Å²) in [5, 5.41) is 6.70. The van der Waals surface area contributed by atoms with Crippen LogP contribution >= 0.6 is 15.9 Å². The van der Waals surface area contributed by atoms with Gasteiger partial charge in [0.15, 0.2) is 6.10 Å². The Labute approximate surface area is 167 Å². The Balaban J connectivity index is 2.01. The van der Waals surface area contributed by atoms with Crippen molar-refractivity contribution in [2.24, 2.45) is 5.16 Å². The molecule has 0 aliphatic carbocycles. The van der Waals surface area contributed by atoms with Crippen molar-refractivity contribution in [2.75, 3.05) is 12.4 Å². The minimum Gasteiger partial charge on any atom is -0.386 e. The van der Waals surface area contributed by atoms with E-state index in [0.29, 0.717) is 22.3 Å². The van der Waals surface area contributed by atoms with Gasteiger partial charge in [0, 0.05) is 23.4 Å². The van der Waals surface area contributed by atoms with Gasteiger partial charge >= 0.3 is 6.18 Å². The van der Waals surface area contributed by atoms with Crippen LogP contribution in [0.3, 0.4) is 0 Å². The van der Waals surface area contributed by atoms with Crippen LogP contribution in [-0.2, 0) is 21.0 Å². The summed E-state index contributed by atoms with van der Waals surface area (Å²) < 4.78 is 65.9. The van der Waals surface area contributed by atoms with Crippen LogP contribution in [0.1, 0.15) is 23.7 Å². The molecule has 0 aromatic heterocycles. The topological polar surface area (TPSA) is 79.8 Å². The molecule has 3 rings (SSSR count). The molecule has 0 fully saturated rings. The Hall–Kier alpha value is -2.11. The molecular formula is C17H15BrF3N3O3S. The SMILES string of the molecule is CNS(=O)(=O)c1ccc(Nc2cccc(C(F)(F)F)c2)c([C@H]2CC(Br)=NO2)c1. The predicted molar refractivity (Wildman–Crippen MR) is 102 cm³/mol. The van der Waals surface area contributed by atoms with Gasteiger partial charge < -0.3 is 10.2 Å². The summed E-state index contributed by atoms with van der Waals surface area (Å²) in [6.45, 7) is 0. The first-order chi connectivity index (χ1) is 13.1. The number of hydrogen-bond donors (Lipinski definition) is 2. The molecule has 1 aliphatic rings. The smallest absolute Gasteiger partial charge is 0.386 e. The number of benzene rings is 2. The third-order valence-electron chi connectivity index (χ3n) is 4.05. The minimum absolute atomic E-state index is 0.00575. The van der Waals surface area contributed by atoms with Crippen LogP contribution in [-0.4, -0.2) is 20.1 Å². The molecule has 0 bridgehead atoms. The lowest BCUT2D eigenvalue weighted by Crippen LogP contribution is -2.19. The fourth-order valence-corrected chi connectivity index (χ4v) is 3.79. The van der Waals surface area contributed by atoms with E-state index in [1.54, 1.807) is 0 Å². The van der Waals surface area contributed by atoms with E-state index in [0.717, 1.165) is 12.1 Å². The summed E-state index contributed by atoms with van der Waals surface area (Å²) >= 11 is 3.22. The van der Waals surface area contributed by atoms with Gasteiger partial charge in [-0.1, -0.05) is 11.2 Å². The summed E-state index contributed by atoms with van der Waals surface area (Å²) in [6.07, 6.45) is -4.70. The highest BCUT2D eigenvalue weighted by atomic mass is 79.9. The molecule has 150 valence electrons. The normalized spacial score (nSPS) is 17.2. The van der Waals surface area contributed by atoms with E-state index >= 15 is 0 Å². The van der Waals surface area contributed by atoms with Gasteiger partial charge in [-0.2, -0.15) is 13.2 Å². The van der Waals surface area contributed by atoms with Gasteiger partial charge in [0.1, 0.15) is 4.62 Å². The number of alkyl halides is 3. The van der Waals surface area contributed by atoms with Gasteiger partial charge in [-0.25, -0.2) is 13.1 Å². The molecule has 6 nitrogen and oxygen atoms in total. The Morgan fingerprint density at radius 3 is 2.57 bits per heavy atom. The molecular weight excluding hydrogens is 463 g/mol. The Bertz CT molecular complexity index is 1030. The molecule has 0 amide bonds. The van der Waals surface area contributed by atoms with Crippen molar-refractivity contribution in [3.63, 3.8) is 0 Å². The molecule has 1 heterocycles. The molecule has 11 heteroatoms. The maximum Gasteiger partial charge on any atom is 0.416 e. The van der Waals surface area contributed by atoms with E-state index in [4.69, 9.17) is 4.84 Å². The maximum absolute atomic E-state index is 13.0. The summed E-state index contributed by atoms with van der Waals surface area (Å²) in [5.41, 5.74) is 0.276. The highest BCUT2D eigenvalue weighted by Gasteiger charge is 2.31. The second-order valence-electron chi connectivity index (χ2n) is 5.93. The molecule has 0 saturated carbocycles. The summed E-state index contributed by atoms with van der Waals surface area (Å²) in [6, 6.07) is 8.97. The first kappa shape index (κ1) is 20.6. The molecule has 2 aromatic carbocycles. The zero-order valence-corrected chi connectivity index (χ0v) is 16.8. The lowest BCUT2D eigenvalue weighted by molar-refractivity contribution is -0.137. The van der Waals surface area contributed by atoms with Crippen LogP contribution in [0.15, 0.2) is 52.5 Å². The van der Waals surface area contributed by atoms with Gasteiger partial charge in [0.25, 0.3) is 0 Å². The van der Waals surface area contributed by atoms with Gasteiger partial charge in [0.05, 0.1) is 10.5 Å². The van der Waals surface area contributed by atoms with Crippen molar-refractivity contribution in [1.29, 1.82) is 0 Å². The lowest BCUT2D eigenvalue weighted by atomic mass is 10.0. The van der Waals surface area contributed by atoms with Gasteiger partial charge in [0.2, 0.25) is 10.0 Å². The van der Waals surface area contributed by atoms with Gasteiger partial charge in [-0.3, -0.25) is 0 Å². The number of oxime groups is 1. The molecule has 0 spiro atoms. The molecule has 1 atom stereocenters. The number of rotatable bonds is 5. The Kier molecular flexibility index (Phi) is 5.69. The van der Waals surface area contributed by atoms with Crippen molar-refractivity contribution >= 4 is 41.9 Å². The average molecular weight is 478 g/mol. The van der Waals surface area contributed by atoms with Crippen LogP contribution in [0.4, 0.5) is 24.5 Å². The lowest BCUT2D eigenvalue weighted by Gasteiger charge is -2.18. The van der Waals surface area contributed by atoms with Crippen molar-refractivity contribution in [3.8, 4) is 0 Å². The van der Waals surface area contributed by atoms with E-state index in [2.05, 4.69) is 31.1 Å². The third-order valence-corrected chi connectivity index (χ3v) is 5.93. The zero-order valence-electron chi connectivity index (χ0n) is 14.4. The van der Waals surface area contributed by atoms with Crippen molar-refractivity contribution < 1.29 is 26.4 Å². The van der Waals surface area contributed by atoms with Crippen LogP contribution in [0.25, 0.3) is 0 Å². The fourth-order valence-electron chi connectivity index (χ4n) is 2.65. The van der Waals surface area contributed by atoms with Gasteiger partial charge in [-0.05, 0) is 59.4 Å². The molecule has 1 aliphatic heterocycles. The molecule has 0 saturated heterocycles. The first-order valence-corrected chi connectivity index (χ1v) is 10.3. The second kappa shape index (κ2) is 7.72. The number of halogens is 4. The molecule has 28 heavy (non-hydrogen) atoms. The number of nitrogens with one attached hydrogen (secondary N) is 2. The number of sulfonamides is 1. The van der Waals surface area contributed by atoms with Crippen molar-refractivity contribution in [1.82, 2.24) is 4.72 Å². The second-order valence-corrected chi connectivity index (χ2v) is 8.73. The van der Waals surface area contributed by atoms with Crippen LogP contribution in [0, 0.1) is 0 Å². The quantitative estimate of drug-likeness (QED) is 0.662. The third kappa shape index (κ3) is 4.47. The highest BCUT2D eigenvalue weighted by molar-refractivity contribution is 9.18. The molecule has 0 radical (unpaired) electrons. The minimum atomic E-state index is -4.47. The standard InChI is InChI=1S/C17H15BrF3N3O3S/c1-22-28(25,26)12-5-6-14(13(8-12)15-9-16(18)24-27-15)23-11-4-2-3-10(7-11)17(19,20)21/h2-8,15,22-23H,9H2,1H3/t15-/m1/s1. The largest absolute Gasteiger partial charge is 0.416 e. The average Bonchev–Trinajstić information content (AvgIpc) is 3.07. The van der Waals surface area contributed by atoms with E-state index in [1.165, 1.54) is 37.4 Å². The summed E-state index contributed by atoms with van der Waals surface area (Å²) in [5.74, 6) is 0. The number of nitrogens with zero attached hydrogens (tertiary/aromatic N) is 1. The number of anilines is 2. The van der Waals surface area contributed by atoms with E-state index in [-0.39, 0.29) is 10.6 Å². The molecule has 2 N–H and O–H groups in total. The van der Waals surface area contributed by atoms with E-state index in [9.17, 15) is 21.6 Å². The molecule has 0 unspecified atom stereocenters. The molecule has 2 aromatic rings. The van der Waals surface area contributed by atoms with Crippen LogP contribution in [0.2, 0.25) is 0 Å². The Morgan fingerprint density at radius 1 is 1.21 bits per heavy atom. The monoisotopic (exact) mass is 477 g/mol. The summed E-state index contributed by atoms with van der Waals surface area (Å²) in [4.78, 5) is 5.32. The van der Waals surface area contributed by atoms with Crippen LogP contribution in [0.5, 0.6) is 0 Å². The van der Waals surface area contributed by atoms with E-state index in [1.807, 2.05) is 0 Å². The predicted octanol–water partition coefficient (Wildman–Crippen LogP) is 4.53. The van der Waals surface area contributed by atoms with Gasteiger partial charge in [-0.15, -0.1) is 0 Å². The number of hydrogen-bond acceptors (Lipinski definition) is 5. The first-order valence-electron chi connectivity index (χ1n) is 8.00.